The van der Waals surface area contributed by atoms with Crippen LogP contribution in [0.1, 0.15) is 24.0 Å². The molecule has 2 heterocycles. The monoisotopic (exact) mass is 499 g/mol. The van der Waals surface area contributed by atoms with E-state index in [1.165, 1.54) is 11.3 Å². The van der Waals surface area contributed by atoms with E-state index in [0.29, 0.717) is 15.7 Å². The second-order valence-electron chi connectivity index (χ2n) is 7.66. The van der Waals surface area contributed by atoms with E-state index in [9.17, 15) is 13.2 Å². The smallest absolute Gasteiger partial charge is 0.229 e. The highest BCUT2D eigenvalue weighted by molar-refractivity contribution is 7.91. The van der Waals surface area contributed by atoms with Crippen LogP contribution in [0.15, 0.2) is 71.9 Å². The van der Waals surface area contributed by atoms with E-state index < -0.39 is 9.84 Å². The maximum absolute atomic E-state index is 13.2. The Hall–Kier alpha value is -2.81. The van der Waals surface area contributed by atoms with Crippen molar-refractivity contribution in [3.8, 4) is 0 Å². The number of hydrogen-bond donors (Lipinski definition) is 0. The molecule has 2 aromatic heterocycles. The fraction of sp³-hybridized carbons (Fsp3) is 0.208. The molecule has 0 fully saturated rings. The molecule has 0 saturated heterocycles. The Morgan fingerprint density at radius 3 is 2.58 bits per heavy atom. The summed E-state index contributed by atoms with van der Waals surface area (Å²) in [4.78, 5) is 23.8. The molecular weight excluding hydrogens is 478 g/mol. The summed E-state index contributed by atoms with van der Waals surface area (Å²) in [6.45, 7) is 2.19. The Morgan fingerprint density at radius 1 is 1.09 bits per heavy atom. The summed E-state index contributed by atoms with van der Waals surface area (Å²) in [6.07, 6.45) is 3.66. The molecule has 33 heavy (non-hydrogen) atoms. The number of nitrogens with zero attached hydrogens (tertiary/aromatic N) is 3. The number of rotatable bonds is 8. The van der Waals surface area contributed by atoms with Gasteiger partial charge < -0.3 is 0 Å². The van der Waals surface area contributed by atoms with Crippen molar-refractivity contribution in [1.82, 2.24) is 9.97 Å². The number of hydrogen-bond acceptors (Lipinski definition) is 6. The van der Waals surface area contributed by atoms with Gasteiger partial charge in [-0.3, -0.25) is 14.7 Å². The molecule has 4 rings (SSSR count). The number of halogens is 1. The number of anilines is 1. The fourth-order valence-electron chi connectivity index (χ4n) is 3.37. The summed E-state index contributed by atoms with van der Waals surface area (Å²) in [5, 5.41) is 1.04. The Morgan fingerprint density at radius 2 is 1.88 bits per heavy atom. The van der Waals surface area contributed by atoms with Gasteiger partial charge >= 0.3 is 0 Å². The SMILES string of the molecule is Cc1ccc(S(=O)(=O)CCCC(=O)N(Cc2cccnc2)c2nc3c(Cl)cccc3s2)cc1. The lowest BCUT2D eigenvalue weighted by Gasteiger charge is -2.20. The average molecular weight is 500 g/mol. The lowest BCUT2D eigenvalue weighted by atomic mass is 10.2. The van der Waals surface area contributed by atoms with Crippen LogP contribution in [-0.4, -0.2) is 30.0 Å². The number of benzene rings is 2. The van der Waals surface area contributed by atoms with Gasteiger partial charge in [-0.2, -0.15) is 0 Å². The second-order valence-corrected chi connectivity index (χ2v) is 11.2. The van der Waals surface area contributed by atoms with Crippen LogP contribution < -0.4 is 4.90 Å². The molecule has 4 aromatic rings. The van der Waals surface area contributed by atoms with Gasteiger partial charge in [0.25, 0.3) is 0 Å². The number of carbonyl (C=O) groups is 1. The number of pyridine rings is 1. The second kappa shape index (κ2) is 9.99. The maximum Gasteiger partial charge on any atom is 0.229 e. The first-order chi connectivity index (χ1) is 15.8. The van der Waals surface area contributed by atoms with Crippen molar-refractivity contribution in [3.63, 3.8) is 0 Å². The molecule has 0 unspecified atom stereocenters. The molecule has 0 N–H and O–H groups in total. The van der Waals surface area contributed by atoms with Gasteiger partial charge in [0, 0.05) is 18.8 Å². The number of aromatic nitrogens is 2. The van der Waals surface area contributed by atoms with Gasteiger partial charge in [-0.05, 0) is 49.2 Å². The van der Waals surface area contributed by atoms with Crippen molar-refractivity contribution >= 4 is 54.0 Å². The summed E-state index contributed by atoms with van der Waals surface area (Å²) in [5.41, 5.74) is 2.49. The quantitative estimate of drug-likeness (QED) is 0.322. The molecule has 0 aliphatic rings. The maximum atomic E-state index is 13.2. The van der Waals surface area contributed by atoms with E-state index in [2.05, 4.69) is 9.97 Å². The van der Waals surface area contributed by atoms with Crippen LogP contribution >= 0.6 is 22.9 Å². The van der Waals surface area contributed by atoms with Crippen LogP contribution in [-0.2, 0) is 21.2 Å². The van der Waals surface area contributed by atoms with Crippen LogP contribution in [0.25, 0.3) is 10.2 Å². The molecule has 0 aliphatic carbocycles. The van der Waals surface area contributed by atoms with Gasteiger partial charge in [0.1, 0.15) is 5.52 Å². The molecule has 2 aromatic carbocycles. The van der Waals surface area contributed by atoms with Gasteiger partial charge in [-0.1, -0.05) is 52.8 Å². The highest BCUT2D eigenvalue weighted by Gasteiger charge is 2.22. The van der Waals surface area contributed by atoms with Crippen molar-refractivity contribution < 1.29 is 13.2 Å². The predicted octanol–water partition coefficient (Wildman–Crippen LogP) is 5.44. The van der Waals surface area contributed by atoms with Crippen LogP contribution in [0, 0.1) is 6.92 Å². The van der Waals surface area contributed by atoms with Crippen LogP contribution in [0.5, 0.6) is 0 Å². The Bertz CT molecular complexity index is 1370. The Kier molecular flexibility index (Phi) is 7.07. The largest absolute Gasteiger partial charge is 0.284 e. The molecular formula is C24H22ClN3O3S2. The number of fused-ring (bicyclic) bond motifs is 1. The van der Waals surface area contributed by atoms with Crippen molar-refractivity contribution in [3.05, 3.63) is 83.1 Å². The molecule has 0 bridgehead atoms. The molecule has 0 radical (unpaired) electrons. The number of carbonyl (C=O) groups excluding carboxylic acids is 1. The molecule has 0 saturated carbocycles. The van der Waals surface area contributed by atoms with Gasteiger partial charge in [0.2, 0.25) is 5.91 Å². The molecule has 9 heteroatoms. The third kappa shape index (κ3) is 5.58. The topological polar surface area (TPSA) is 80.2 Å². The Balaban J connectivity index is 1.53. The number of sulfone groups is 1. The van der Waals surface area contributed by atoms with E-state index >= 15 is 0 Å². The number of thiazole rings is 1. The average Bonchev–Trinajstić information content (AvgIpc) is 3.23. The molecule has 0 aliphatic heterocycles. The van der Waals surface area contributed by atoms with Gasteiger partial charge in [-0.15, -0.1) is 0 Å². The zero-order valence-corrected chi connectivity index (χ0v) is 20.3. The van der Waals surface area contributed by atoms with Crippen molar-refractivity contribution in [2.45, 2.75) is 31.2 Å². The van der Waals surface area contributed by atoms with Gasteiger partial charge in [-0.25, -0.2) is 13.4 Å². The highest BCUT2D eigenvalue weighted by Crippen LogP contribution is 2.33. The molecule has 0 spiro atoms. The minimum Gasteiger partial charge on any atom is -0.284 e. The van der Waals surface area contributed by atoms with E-state index in [1.807, 2.05) is 25.1 Å². The molecule has 1 amide bonds. The summed E-state index contributed by atoms with van der Waals surface area (Å²) in [7, 11) is -3.46. The summed E-state index contributed by atoms with van der Waals surface area (Å²) >= 11 is 7.66. The summed E-state index contributed by atoms with van der Waals surface area (Å²) in [6, 6.07) is 15.9. The van der Waals surface area contributed by atoms with Crippen LogP contribution in [0.2, 0.25) is 5.02 Å². The van der Waals surface area contributed by atoms with E-state index in [1.54, 1.807) is 53.7 Å². The lowest BCUT2D eigenvalue weighted by Crippen LogP contribution is -2.30. The lowest BCUT2D eigenvalue weighted by molar-refractivity contribution is -0.118. The zero-order chi connectivity index (χ0) is 23.4. The zero-order valence-electron chi connectivity index (χ0n) is 17.9. The first-order valence-corrected chi connectivity index (χ1v) is 13.2. The van der Waals surface area contributed by atoms with Crippen molar-refractivity contribution in [1.29, 1.82) is 0 Å². The minimum atomic E-state index is -3.46. The third-order valence-corrected chi connectivity index (χ3v) is 8.30. The first-order valence-electron chi connectivity index (χ1n) is 10.4. The summed E-state index contributed by atoms with van der Waals surface area (Å²) < 4.78 is 26.2. The molecule has 6 nitrogen and oxygen atoms in total. The van der Waals surface area contributed by atoms with E-state index in [-0.39, 0.29) is 35.9 Å². The van der Waals surface area contributed by atoms with Crippen LogP contribution in [0.3, 0.4) is 0 Å². The van der Waals surface area contributed by atoms with Crippen molar-refractivity contribution in [2.75, 3.05) is 10.7 Å². The van der Waals surface area contributed by atoms with E-state index in [4.69, 9.17) is 11.6 Å². The van der Waals surface area contributed by atoms with E-state index in [0.717, 1.165) is 15.8 Å². The van der Waals surface area contributed by atoms with Gasteiger partial charge in [0.15, 0.2) is 15.0 Å². The van der Waals surface area contributed by atoms with Crippen LogP contribution in [0.4, 0.5) is 5.13 Å². The first kappa shape index (κ1) is 23.4. The predicted molar refractivity (Wildman–Crippen MR) is 133 cm³/mol. The standard InChI is InChI=1S/C24H22ClN3O3S2/c1-17-9-11-19(12-10-17)33(30,31)14-4-8-22(29)28(16-18-5-3-13-26-15-18)24-27-23-20(25)6-2-7-21(23)32-24/h2-3,5-7,9-13,15H,4,8,14,16H2,1H3. The summed E-state index contributed by atoms with van der Waals surface area (Å²) in [5.74, 6) is -0.304. The highest BCUT2D eigenvalue weighted by atomic mass is 35.5. The molecule has 0 atom stereocenters. The number of para-hydroxylation sites is 1. The minimum absolute atomic E-state index is 0.0784. The molecule has 170 valence electrons. The normalized spacial score (nSPS) is 11.6. The number of amides is 1. The van der Waals surface area contributed by atoms with Gasteiger partial charge in [0.05, 0.1) is 26.9 Å². The third-order valence-electron chi connectivity index (χ3n) is 5.14. The van der Waals surface area contributed by atoms with Crippen molar-refractivity contribution in [2.24, 2.45) is 0 Å². The fourth-order valence-corrected chi connectivity index (χ4v) is 5.96. The Labute approximate surface area is 201 Å². The number of aryl methyl sites for hydroxylation is 1.